The Bertz CT molecular complexity index is 591. The van der Waals surface area contributed by atoms with Gasteiger partial charge in [-0.3, -0.25) is 9.59 Å². The van der Waals surface area contributed by atoms with Gasteiger partial charge in [0, 0.05) is 11.4 Å². The van der Waals surface area contributed by atoms with Crippen molar-refractivity contribution in [2.24, 2.45) is 5.92 Å². The lowest BCUT2D eigenvalue weighted by molar-refractivity contribution is -0.130. The van der Waals surface area contributed by atoms with Gasteiger partial charge < -0.3 is 10.0 Å². The maximum Gasteiger partial charge on any atom is 0.290 e. The first-order chi connectivity index (χ1) is 11.0. The zero-order valence-electron chi connectivity index (χ0n) is 14.0. The van der Waals surface area contributed by atoms with Gasteiger partial charge in [-0.05, 0) is 30.7 Å². The van der Waals surface area contributed by atoms with Crippen molar-refractivity contribution in [1.82, 2.24) is 4.90 Å². The van der Waals surface area contributed by atoms with Crippen LogP contribution in [0.5, 0.6) is 0 Å². The van der Waals surface area contributed by atoms with Gasteiger partial charge in [-0.15, -0.1) is 11.3 Å². The average molecular weight is 335 g/mol. The van der Waals surface area contributed by atoms with E-state index >= 15 is 0 Å². The molecule has 0 aromatic carbocycles. The number of ketones is 1. The number of amides is 1. The number of unbranched alkanes of at least 4 members (excludes halogenated alkanes) is 1. The van der Waals surface area contributed by atoms with Gasteiger partial charge in [0.1, 0.15) is 0 Å². The third kappa shape index (κ3) is 3.66. The number of Topliss-reactive ketones (excluding diaryl/α,β-unsaturated/α-hetero) is 1. The molecule has 2 atom stereocenters. The maximum absolute atomic E-state index is 12.5. The molecule has 1 N–H and O–H groups in total. The molecule has 0 spiro atoms. The first kappa shape index (κ1) is 17.7. The molecule has 0 unspecified atom stereocenters. The number of hydrogen-bond donors (Lipinski definition) is 1. The molecule has 23 heavy (non-hydrogen) atoms. The summed E-state index contributed by atoms with van der Waals surface area (Å²) >= 11 is 1.51. The van der Waals surface area contributed by atoms with E-state index in [0.29, 0.717) is 12.5 Å². The second-order valence-corrected chi connectivity index (χ2v) is 7.09. The first-order valence-corrected chi connectivity index (χ1v) is 9.17. The van der Waals surface area contributed by atoms with Crippen molar-refractivity contribution >= 4 is 23.0 Å². The van der Waals surface area contributed by atoms with Gasteiger partial charge in [0.25, 0.3) is 5.91 Å². The van der Waals surface area contributed by atoms with E-state index in [1.807, 2.05) is 17.5 Å². The second kappa shape index (κ2) is 7.77. The number of carbonyl (C=O) groups is 2. The van der Waals surface area contributed by atoms with Crippen molar-refractivity contribution in [3.63, 3.8) is 0 Å². The molecule has 1 aromatic heterocycles. The van der Waals surface area contributed by atoms with Crippen LogP contribution in [0.1, 0.15) is 57.4 Å². The number of hydrogen-bond acceptors (Lipinski definition) is 4. The Hall–Kier alpha value is -1.62. The highest BCUT2D eigenvalue weighted by molar-refractivity contribution is 7.10. The van der Waals surface area contributed by atoms with Crippen LogP contribution in [0.15, 0.2) is 28.8 Å². The van der Waals surface area contributed by atoms with Crippen molar-refractivity contribution in [2.45, 2.75) is 52.5 Å². The molecule has 0 saturated carbocycles. The molecule has 4 nitrogen and oxygen atoms in total. The predicted octanol–water partition coefficient (Wildman–Crippen LogP) is 4.25. The zero-order valence-corrected chi connectivity index (χ0v) is 14.9. The van der Waals surface area contributed by atoms with Crippen LogP contribution in [-0.4, -0.2) is 28.2 Å². The number of thiophene rings is 1. The largest absolute Gasteiger partial charge is 0.503 e. The van der Waals surface area contributed by atoms with Crippen molar-refractivity contribution < 1.29 is 14.7 Å². The van der Waals surface area contributed by atoms with Crippen LogP contribution in [0, 0.1) is 5.92 Å². The van der Waals surface area contributed by atoms with Gasteiger partial charge in [0.15, 0.2) is 11.5 Å². The Balaban J connectivity index is 2.30. The molecule has 1 amide bonds. The number of aliphatic hydroxyl groups excluding tert-OH is 1. The molecule has 0 radical (unpaired) electrons. The highest BCUT2D eigenvalue weighted by Gasteiger charge is 2.43. The summed E-state index contributed by atoms with van der Waals surface area (Å²) < 4.78 is 0. The van der Waals surface area contributed by atoms with Crippen molar-refractivity contribution in [3.8, 4) is 0 Å². The minimum atomic E-state index is -0.435. The van der Waals surface area contributed by atoms with Gasteiger partial charge in [-0.1, -0.05) is 39.2 Å². The molecular weight excluding hydrogens is 310 g/mol. The molecule has 5 heteroatoms. The summed E-state index contributed by atoms with van der Waals surface area (Å²) in [5.41, 5.74) is 0.239. The molecule has 0 bridgehead atoms. The number of aliphatic hydroxyl groups is 1. The lowest BCUT2D eigenvalue weighted by atomic mass is 9.97. The summed E-state index contributed by atoms with van der Waals surface area (Å²) in [5.74, 6) is -0.636. The number of carbonyl (C=O) groups excluding carboxylic acids is 2. The number of rotatable bonds is 8. The molecular formula is C18H25NO3S. The quantitative estimate of drug-likeness (QED) is 0.772. The van der Waals surface area contributed by atoms with Crippen molar-refractivity contribution in [3.05, 3.63) is 33.7 Å². The predicted molar refractivity (Wildman–Crippen MR) is 92.4 cm³/mol. The first-order valence-electron chi connectivity index (χ1n) is 8.29. The zero-order chi connectivity index (χ0) is 17.0. The lowest BCUT2D eigenvalue weighted by Crippen LogP contribution is -2.35. The summed E-state index contributed by atoms with van der Waals surface area (Å²) in [4.78, 5) is 27.1. The minimum absolute atomic E-state index is 0.238. The summed E-state index contributed by atoms with van der Waals surface area (Å²) in [5, 5.41) is 12.1. The Kier molecular flexibility index (Phi) is 5.99. The Morgan fingerprint density at radius 3 is 2.70 bits per heavy atom. The van der Waals surface area contributed by atoms with E-state index in [0.717, 1.165) is 30.6 Å². The van der Waals surface area contributed by atoms with Gasteiger partial charge in [0.2, 0.25) is 0 Å². The maximum atomic E-state index is 12.5. The van der Waals surface area contributed by atoms with E-state index in [2.05, 4.69) is 13.8 Å². The van der Waals surface area contributed by atoms with Crippen LogP contribution in [0.4, 0.5) is 0 Å². The molecule has 0 saturated heterocycles. The van der Waals surface area contributed by atoms with Crippen molar-refractivity contribution in [2.75, 3.05) is 6.54 Å². The summed E-state index contributed by atoms with van der Waals surface area (Å²) in [7, 11) is 0. The number of nitrogens with zero attached hydrogens (tertiary/aromatic N) is 1. The van der Waals surface area contributed by atoms with Crippen LogP contribution >= 0.6 is 11.3 Å². The highest BCUT2D eigenvalue weighted by Crippen LogP contribution is 2.40. The Morgan fingerprint density at radius 1 is 1.43 bits per heavy atom. The van der Waals surface area contributed by atoms with E-state index in [4.69, 9.17) is 0 Å². The molecule has 0 aliphatic carbocycles. The monoisotopic (exact) mass is 335 g/mol. The van der Waals surface area contributed by atoms with Crippen LogP contribution in [-0.2, 0) is 9.59 Å². The van der Waals surface area contributed by atoms with E-state index < -0.39 is 11.9 Å². The molecule has 126 valence electrons. The van der Waals surface area contributed by atoms with Crippen LogP contribution < -0.4 is 0 Å². The molecule has 1 aromatic rings. The van der Waals surface area contributed by atoms with Crippen LogP contribution in [0.25, 0.3) is 0 Å². The molecule has 1 aliphatic rings. The SMILES string of the molecule is CCCC[C@@H](CC)CN1C(=O)C(O)=C(C(C)=O)[C@H]1c1cccs1. The normalized spacial score (nSPS) is 19.5. The Morgan fingerprint density at radius 2 is 2.17 bits per heavy atom. The van der Waals surface area contributed by atoms with Gasteiger partial charge in [-0.25, -0.2) is 0 Å². The van der Waals surface area contributed by atoms with Crippen molar-refractivity contribution in [1.29, 1.82) is 0 Å². The highest BCUT2D eigenvalue weighted by atomic mass is 32.1. The van der Waals surface area contributed by atoms with Gasteiger partial charge >= 0.3 is 0 Å². The fourth-order valence-corrected chi connectivity index (χ4v) is 3.98. The Labute approximate surface area is 141 Å². The standard InChI is InChI=1S/C18H25NO3S/c1-4-6-8-13(5-2)11-19-16(14-9-7-10-23-14)15(12(3)20)17(21)18(19)22/h7,9-10,13,16,21H,4-6,8,11H2,1-3H3/t13-,16-/m1/s1. The minimum Gasteiger partial charge on any atom is -0.503 e. The van der Waals surface area contributed by atoms with E-state index in [9.17, 15) is 14.7 Å². The average Bonchev–Trinajstić information content (AvgIpc) is 3.12. The fraction of sp³-hybridized carbons (Fsp3) is 0.556. The third-order valence-electron chi connectivity index (χ3n) is 4.49. The van der Waals surface area contributed by atoms with Gasteiger partial charge in [-0.2, -0.15) is 0 Å². The van der Waals surface area contributed by atoms with Gasteiger partial charge in [0.05, 0.1) is 11.6 Å². The van der Waals surface area contributed by atoms with Crippen LogP contribution in [0.2, 0.25) is 0 Å². The summed E-state index contributed by atoms with van der Waals surface area (Å²) in [6.45, 7) is 6.28. The topological polar surface area (TPSA) is 57.6 Å². The third-order valence-corrected chi connectivity index (χ3v) is 5.42. The smallest absolute Gasteiger partial charge is 0.290 e. The molecule has 2 heterocycles. The summed E-state index contributed by atoms with van der Waals surface area (Å²) in [6.07, 6.45) is 4.30. The van der Waals surface area contributed by atoms with E-state index in [1.165, 1.54) is 18.3 Å². The molecule has 1 aliphatic heterocycles. The molecule has 2 rings (SSSR count). The fourth-order valence-electron chi connectivity index (χ4n) is 3.14. The van der Waals surface area contributed by atoms with Crippen LogP contribution in [0.3, 0.4) is 0 Å². The van der Waals surface area contributed by atoms with E-state index in [1.54, 1.807) is 4.90 Å². The van der Waals surface area contributed by atoms with E-state index in [-0.39, 0.29) is 17.1 Å². The second-order valence-electron chi connectivity index (χ2n) is 6.11. The summed E-state index contributed by atoms with van der Waals surface area (Å²) in [6, 6.07) is 3.39. The lowest BCUT2D eigenvalue weighted by Gasteiger charge is -2.29. The molecule has 0 fully saturated rings.